The van der Waals surface area contributed by atoms with Crippen molar-refractivity contribution in [3.05, 3.63) is 12.2 Å². The van der Waals surface area contributed by atoms with Crippen molar-refractivity contribution in [3.8, 4) is 0 Å². The maximum absolute atomic E-state index is 4.24. The zero-order chi connectivity index (χ0) is 10.3. The molecule has 1 aliphatic rings. The highest BCUT2D eigenvalue weighted by molar-refractivity contribution is 5.15. The van der Waals surface area contributed by atoms with Crippen LogP contribution in [-0.4, -0.2) is 14.8 Å². The first kappa shape index (κ1) is 9.69. The van der Waals surface area contributed by atoms with Gasteiger partial charge in [-0.25, -0.2) is 0 Å². The number of hydrogen-bond acceptors (Lipinski definition) is 2. The summed E-state index contributed by atoms with van der Waals surface area (Å²) in [6.45, 7) is 10.1. The minimum Gasteiger partial charge on any atom is -0.317 e. The molecular formula is C11H19N3. The van der Waals surface area contributed by atoms with Crippen molar-refractivity contribution in [2.75, 3.05) is 0 Å². The molecule has 0 spiro atoms. The van der Waals surface area contributed by atoms with Crippen LogP contribution in [0.25, 0.3) is 0 Å². The minimum absolute atomic E-state index is 0.446. The molecule has 78 valence electrons. The Labute approximate surface area is 85.5 Å². The molecule has 0 aromatic carbocycles. The summed E-state index contributed by atoms with van der Waals surface area (Å²) in [6, 6.07) is 0. The van der Waals surface area contributed by atoms with Gasteiger partial charge in [0.1, 0.15) is 12.2 Å². The van der Waals surface area contributed by atoms with Gasteiger partial charge in [-0.3, -0.25) is 0 Å². The van der Waals surface area contributed by atoms with Crippen LogP contribution in [0.2, 0.25) is 0 Å². The largest absolute Gasteiger partial charge is 0.317 e. The smallest absolute Gasteiger partial charge is 0.136 e. The lowest BCUT2D eigenvalue weighted by Gasteiger charge is -2.09. The van der Waals surface area contributed by atoms with E-state index in [1.54, 1.807) is 0 Å². The fourth-order valence-corrected chi connectivity index (χ4v) is 1.98. The first-order valence-electron chi connectivity index (χ1n) is 5.38. The molecule has 3 heteroatoms. The van der Waals surface area contributed by atoms with Crippen LogP contribution < -0.4 is 0 Å². The van der Waals surface area contributed by atoms with Gasteiger partial charge in [0.05, 0.1) is 0 Å². The van der Waals surface area contributed by atoms with Crippen LogP contribution in [0.5, 0.6) is 0 Å². The van der Waals surface area contributed by atoms with E-state index in [1.807, 2.05) is 6.33 Å². The summed E-state index contributed by atoms with van der Waals surface area (Å²) in [5.74, 6) is 2.47. The minimum atomic E-state index is 0.446. The number of hydrogen-bond donors (Lipinski definition) is 0. The normalized spacial score (nSPS) is 24.2. The van der Waals surface area contributed by atoms with Gasteiger partial charge in [-0.1, -0.05) is 27.7 Å². The lowest BCUT2D eigenvalue weighted by Crippen LogP contribution is -2.08. The van der Waals surface area contributed by atoms with Crippen LogP contribution in [0.15, 0.2) is 6.33 Å². The molecule has 0 aliphatic heterocycles. The van der Waals surface area contributed by atoms with Gasteiger partial charge < -0.3 is 4.57 Å². The van der Waals surface area contributed by atoms with Crippen molar-refractivity contribution in [1.29, 1.82) is 0 Å². The Bertz CT molecular complexity index is 325. The molecule has 1 aromatic rings. The molecule has 0 amide bonds. The summed E-state index contributed by atoms with van der Waals surface area (Å²) in [5, 5.41) is 8.25. The van der Waals surface area contributed by atoms with Crippen LogP contribution in [0, 0.1) is 11.3 Å². The molecule has 1 atom stereocenters. The molecule has 1 aromatic heterocycles. The topological polar surface area (TPSA) is 30.7 Å². The lowest BCUT2D eigenvalue weighted by atomic mass is 10.1. The zero-order valence-electron chi connectivity index (χ0n) is 9.49. The molecule has 0 radical (unpaired) electrons. The standard InChI is InChI=1S/C11H19N3/c1-8(2)6-14-7-12-13-10(14)9-5-11(9,3)4/h7-9H,5-6H2,1-4H3. The molecule has 0 bridgehead atoms. The molecule has 1 saturated carbocycles. The monoisotopic (exact) mass is 193 g/mol. The molecular weight excluding hydrogens is 174 g/mol. The molecule has 14 heavy (non-hydrogen) atoms. The van der Waals surface area contributed by atoms with Crippen molar-refractivity contribution in [1.82, 2.24) is 14.8 Å². The van der Waals surface area contributed by atoms with E-state index < -0.39 is 0 Å². The van der Waals surface area contributed by atoms with Crippen LogP contribution in [0.4, 0.5) is 0 Å². The molecule has 0 N–H and O–H groups in total. The molecule has 0 saturated heterocycles. The molecule has 1 fully saturated rings. The maximum atomic E-state index is 4.24. The first-order valence-corrected chi connectivity index (χ1v) is 5.38. The van der Waals surface area contributed by atoms with Crippen molar-refractivity contribution in [2.24, 2.45) is 11.3 Å². The third-order valence-electron chi connectivity index (χ3n) is 3.03. The highest BCUT2D eigenvalue weighted by Crippen LogP contribution is 2.57. The summed E-state index contributed by atoms with van der Waals surface area (Å²) >= 11 is 0. The Hall–Kier alpha value is -0.860. The predicted octanol–water partition coefficient (Wildman–Crippen LogP) is 2.45. The van der Waals surface area contributed by atoms with Crippen molar-refractivity contribution < 1.29 is 0 Å². The molecule has 1 unspecified atom stereocenters. The zero-order valence-corrected chi connectivity index (χ0v) is 9.49. The second-order valence-electron chi connectivity index (χ2n) is 5.48. The summed E-state index contributed by atoms with van der Waals surface area (Å²) < 4.78 is 2.21. The quantitative estimate of drug-likeness (QED) is 0.738. The second kappa shape index (κ2) is 3.07. The number of rotatable bonds is 3. The Kier molecular flexibility index (Phi) is 2.13. The van der Waals surface area contributed by atoms with Gasteiger partial charge in [-0.15, -0.1) is 10.2 Å². The third kappa shape index (κ3) is 1.68. The van der Waals surface area contributed by atoms with Gasteiger partial charge in [0.15, 0.2) is 0 Å². The van der Waals surface area contributed by atoms with E-state index >= 15 is 0 Å². The van der Waals surface area contributed by atoms with Crippen LogP contribution in [0.3, 0.4) is 0 Å². The van der Waals surface area contributed by atoms with Crippen LogP contribution >= 0.6 is 0 Å². The van der Waals surface area contributed by atoms with Gasteiger partial charge in [-0.2, -0.15) is 0 Å². The van der Waals surface area contributed by atoms with Crippen molar-refractivity contribution in [3.63, 3.8) is 0 Å². The number of aromatic nitrogens is 3. The van der Waals surface area contributed by atoms with Gasteiger partial charge in [0, 0.05) is 12.5 Å². The summed E-state index contributed by atoms with van der Waals surface area (Å²) in [7, 11) is 0. The molecule has 2 rings (SSSR count). The highest BCUT2D eigenvalue weighted by Gasteiger charge is 2.49. The Morgan fingerprint density at radius 1 is 1.57 bits per heavy atom. The van der Waals surface area contributed by atoms with Gasteiger partial charge in [0.25, 0.3) is 0 Å². The molecule has 1 aliphatic carbocycles. The van der Waals surface area contributed by atoms with E-state index in [1.165, 1.54) is 12.2 Å². The van der Waals surface area contributed by atoms with Crippen LogP contribution in [0.1, 0.15) is 45.9 Å². The Morgan fingerprint density at radius 3 is 2.71 bits per heavy atom. The summed E-state index contributed by atoms with van der Waals surface area (Å²) in [6.07, 6.45) is 3.12. The predicted molar refractivity (Wildman–Crippen MR) is 56.0 cm³/mol. The van der Waals surface area contributed by atoms with E-state index in [0.717, 1.165) is 6.54 Å². The van der Waals surface area contributed by atoms with E-state index in [4.69, 9.17) is 0 Å². The Morgan fingerprint density at radius 2 is 2.21 bits per heavy atom. The van der Waals surface area contributed by atoms with E-state index in [0.29, 0.717) is 17.3 Å². The highest BCUT2D eigenvalue weighted by atomic mass is 15.3. The van der Waals surface area contributed by atoms with E-state index in [-0.39, 0.29) is 0 Å². The summed E-state index contributed by atoms with van der Waals surface area (Å²) in [4.78, 5) is 0. The van der Waals surface area contributed by atoms with E-state index in [9.17, 15) is 0 Å². The third-order valence-corrected chi connectivity index (χ3v) is 3.03. The number of nitrogens with zero attached hydrogens (tertiary/aromatic N) is 3. The van der Waals surface area contributed by atoms with Crippen molar-refractivity contribution >= 4 is 0 Å². The van der Waals surface area contributed by atoms with E-state index in [2.05, 4.69) is 42.5 Å². The summed E-state index contributed by atoms with van der Waals surface area (Å²) in [5.41, 5.74) is 0.446. The van der Waals surface area contributed by atoms with Crippen LogP contribution in [-0.2, 0) is 6.54 Å². The van der Waals surface area contributed by atoms with Gasteiger partial charge in [-0.05, 0) is 17.8 Å². The fourth-order valence-electron chi connectivity index (χ4n) is 1.98. The molecule has 3 nitrogen and oxygen atoms in total. The first-order chi connectivity index (χ1) is 6.50. The Balaban J connectivity index is 2.15. The fraction of sp³-hybridized carbons (Fsp3) is 0.818. The average Bonchev–Trinajstić information content (AvgIpc) is 2.51. The lowest BCUT2D eigenvalue weighted by molar-refractivity contribution is 0.495. The SMILES string of the molecule is CC(C)Cn1cnnc1C1CC1(C)C. The maximum Gasteiger partial charge on any atom is 0.136 e. The van der Waals surface area contributed by atoms with Crippen molar-refractivity contribution in [2.45, 2.75) is 46.6 Å². The van der Waals surface area contributed by atoms with Gasteiger partial charge in [0.2, 0.25) is 0 Å². The average molecular weight is 193 g/mol. The van der Waals surface area contributed by atoms with Gasteiger partial charge >= 0.3 is 0 Å². The molecule has 1 heterocycles. The second-order valence-corrected chi connectivity index (χ2v) is 5.48.